The first-order valence-corrected chi connectivity index (χ1v) is 6.77. The van der Waals surface area contributed by atoms with Gasteiger partial charge in [0, 0.05) is 29.3 Å². The van der Waals surface area contributed by atoms with Crippen molar-refractivity contribution in [1.82, 2.24) is 20.1 Å². The summed E-state index contributed by atoms with van der Waals surface area (Å²) in [4.78, 5) is 15.2. The fraction of sp³-hybridized carbons (Fsp3) is 0.200. The van der Waals surface area contributed by atoms with Crippen molar-refractivity contribution in [2.45, 2.75) is 13.5 Å². The minimum Gasteiger partial charge on any atom is -0.399 e. The molecule has 0 saturated heterocycles. The molecule has 3 aromatic rings. The van der Waals surface area contributed by atoms with Crippen molar-refractivity contribution in [3.63, 3.8) is 0 Å². The molecular formula is C15H17N5O. The molecule has 0 aliphatic carbocycles. The maximum atomic E-state index is 12.1. The van der Waals surface area contributed by atoms with Gasteiger partial charge in [0.25, 0.3) is 5.91 Å². The van der Waals surface area contributed by atoms with Crippen molar-refractivity contribution < 1.29 is 4.79 Å². The van der Waals surface area contributed by atoms with Gasteiger partial charge in [0.1, 0.15) is 5.69 Å². The highest BCUT2D eigenvalue weighted by atomic mass is 16.1. The molecule has 0 aliphatic heterocycles. The van der Waals surface area contributed by atoms with Gasteiger partial charge in [0.2, 0.25) is 0 Å². The topological polar surface area (TPSA) is 88.7 Å². The minimum absolute atomic E-state index is 0.131. The molecule has 4 N–H and O–H groups in total. The number of benzene rings is 1. The van der Waals surface area contributed by atoms with E-state index in [0.717, 1.165) is 16.5 Å². The van der Waals surface area contributed by atoms with Gasteiger partial charge in [-0.15, -0.1) is 0 Å². The average molecular weight is 283 g/mol. The lowest BCUT2D eigenvalue weighted by atomic mass is 10.2. The Hall–Kier alpha value is -2.76. The maximum Gasteiger partial charge on any atom is 0.267 e. The third-order valence-electron chi connectivity index (χ3n) is 3.28. The maximum absolute atomic E-state index is 12.1. The molecule has 0 fully saturated rings. The minimum atomic E-state index is -0.131. The number of aryl methyl sites for hydroxylation is 1. The Morgan fingerprint density at radius 2 is 2.29 bits per heavy atom. The smallest absolute Gasteiger partial charge is 0.267 e. The van der Waals surface area contributed by atoms with Gasteiger partial charge in [-0.1, -0.05) is 0 Å². The Bertz CT molecular complexity index is 786. The fourth-order valence-electron chi connectivity index (χ4n) is 2.24. The number of carbonyl (C=O) groups excluding carboxylic acids is 1. The molecule has 0 atom stereocenters. The molecule has 0 spiro atoms. The second-order valence-electron chi connectivity index (χ2n) is 5.07. The van der Waals surface area contributed by atoms with Crippen LogP contribution in [0.5, 0.6) is 0 Å². The van der Waals surface area contributed by atoms with Crippen LogP contribution in [0.15, 0.2) is 36.7 Å². The summed E-state index contributed by atoms with van der Waals surface area (Å²) in [6.45, 7) is 3.16. The van der Waals surface area contributed by atoms with E-state index in [2.05, 4.69) is 15.4 Å². The number of nitrogens with one attached hydrogen (secondary N) is 2. The van der Waals surface area contributed by atoms with Gasteiger partial charge in [0.05, 0.1) is 12.7 Å². The standard InChI is InChI=1S/C15H17N5O/c1-10-8-18-20(9-10)5-4-17-15(21)14-7-11-6-12(16)2-3-13(11)19-14/h2-3,6-9,19H,4-5,16H2,1H3,(H,17,21). The third kappa shape index (κ3) is 2.89. The van der Waals surface area contributed by atoms with Gasteiger partial charge >= 0.3 is 0 Å². The largest absolute Gasteiger partial charge is 0.399 e. The van der Waals surface area contributed by atoms with Crippen LogP contribution < -0.4 is 11.1 Å². The van der Waals surface area contributed by atoms with Crippen molar-refractivity contribution in [1.29, 1.82) is 0 Å². The van der Waals surface area contributed by atoms with E-state index in [1.54, 1.807) is 18.3 Å². The van der Waals surface area contributed by atoms with E-state index in [-0.39, 0.29) is 5.91 Å². The van der Waals surface area contributed by atoms with Gasteiger partial charge in [-0.3, -0.25) is 9.48 Å². The van der Waals surface area contributed by atoms with Crippen LogP contribution in [0, 0.1) is 6.92 Å². The van der Waals surface area contributed by atoms with Gasteiger partial charge in [-0.05, 0) is 36.8 Å². The summed E-state index contributed by atoms with van der Waals surface area (Å²) in [5.74, 6) is -0.131. The summed E-state index contributed by atoms with van der Waals surface area (Å²) in [5, 5.41) is 7.98. The van der Waals surface area contributed by atoms with Crippen LogP contribution in [0.25, 0.3) is 10.9 Å². The SMILES string of the molecule is Cc1cnn(CCNC(=O)c2cc3cc(N)ccc3[nH]2)c1. The number of aromatic amines is 1. The number of aromatic nitrogens is 3. The van der Waals surface area contributed by atoms with E-state index in [0.29, 0.717) is 24.5 Å². The van der Waals surface area contributed by atoms with Crippen LogP contribution in [0.2, 0.25) is 0 Å². The molecule has 108 valence electrons. The van der Waals surface area contributed by atoms with Crippen LogP contribution in [0.1, 0.15) is 16.1 Å². The molecule has 0 unspecified atom stereocenters. The molecule has 0 radical (unpaired) electrons. The van der Waals surface area contributed by atoms with Crippen molar-refractivity contribution in [2.75, 3.05) is 12.3 Å². The number of nitrogens with two attached hydrogens (primary N) is 1. The van der Waals surface area contributed by atoms with E-state index in [4.69, 9.17) is 5.73 Å². The average Bonchev–Trinajstić information content (AvgIpc) is 3.04. The molecule has 0 saturated carbocycles. The zero-order valence-corrected chi connectivity index (χ0v) is 11.8. The highest BCUT2D eigenvalue weighted by Crippen LogP contribution is 2.18. The molecule has 0 bridgehead atoms. The number of nitrogen functional groups attached to an aromatic ring is 1. The molecule has 0 aliphatic rings. The Balaban J connectivity index is 1.63. The van der Waals surface area contributed by atoms with E-state index >= 15 is 0 Å². The van der Waals surface area contributed by atoms with Gasteiger partial charge in [-0.25, -0.2) is 0 Å². The normalized spacial score (nSPS) is 10.9. The van der Waals surface area contributed by atoms with Crippen molar-refractivity contribution in [3.8, 4) is 0 Å². The van der Waals surface area contributed by atoms with Crippen LogP contribution in [0.4, 0.5) is 5.69 Å². The molecule has 3 rings (SSSR count). The van der Waals surface area contributed by atoms with E-state index in [9.17, 15) is 4.79 Å². The van der Waals surface area contributed by atoms with E-state index in [1.165, 1.54) is 0 Å². The van der Waals surface area contributed by atoms with Gasteiger partial charge in [0.15, 0.2) is 0 Å². The number of nitrogens with zero attached hydrogens (tertiary/aromatic N) is 2. The quantitative estimate of drug-likeness (QED) is 0.636. The summed E-state index contributed by atoms with van der Waals surface area (Å²) in [5.41, 5.74) is 8.96. The van der Waals surface area contributed by atoms with E-state index in [1.807, 2.05) is 29.9 Å². The number of amides is 1. The zero-order valence-electron chi connectivity index (χ0n) is 11.8. The molecule has 21 heavy (non-hydrogen) atoms. The number of carbonyl (C=O) groups is 1. The third-order valence-corrected chi connectivity index (χ3v) is 3.28. The Morgan fingerprint density at radius 3 is 3.05 bits per heavy atom. The zero-order chi connectivity index (χ0) is 14.8. The molecular weight excluding hydrogens is 266 g/mol. The summed E-state index contributed by atoms with van der Waals surface area (Å²) < 4.78 is 1.81. The number of anilines is 1. The Morgan fingerprint density at radius 1 is 1.43 bits per heavy atom. The first-order valence-electron chi connectivity index (χ1n) is 6.77. The predicted molar refractivity (Wildman–Crippen MR) is 82.0 cm³/mol. The van der Waals surface area contributed by atoms with Gasteiger partial charge < -0.3 is 16.0 Å². The number of H-pyrrole nitrogens is 1. The van der Waals surface area contributed by atoms with Crippen LogP contribution >= 0.6 is 0 Å². The molecule has 2 heterocycles. The molecule has 2 aromatic heterocycles. The summed E-state index contributed by atoms with van der Waals surface area (Å²) in [6, 6.07) is 7.32. The number of hydrogen-bond acceptors (Lipinski definition) is 3. The summed E-state index contributed by atoms with van der Waals surface area (Å²) in [6.07, 6.45) is 3.74. The second kappa shape index (κ2) is 5.32. The number of fused-ring (bicyclic) bond motifs is 1. The van der Waals surface area contributed by atoms with Crippen LogP contribution in [-0.2, 0) is 6.54 Å². The van der Waals surface area contributed by atoms with Gasteiger partial charge in [-0.2, -0.15) is 5.10 Å². The fourth-order valence-corrected chi connectivity index (χ4v) is 2.24. The van der Waals surface area contributed by atoms with E-state index < -0.39 is 0 Å². The Kier molecular flexibility index (Phi) is 3.35. The van der Waals surface area contributed by atoms with Crippen molar-refractivity contribution in [3.05, 3.63) is 47.9 Å². The summed E-state index contributed by atoms with van der Waals surface area (Å²) in [7, 11) is 0. The lowest BCUT2D eigenvalue weighted by Gasteiger charge is -2.03. The molecule has 6 nitrogen and oxygen atoms in total. The van der Waals surface area contributed by atoms with Crippen molar-refractivity contribution >= 4 is 22.5 Å². The second-order valence-corrected chi connectivity index (χ2v) is 5.07. The highest BCUT2D eigenvalue weighted by Gasteiger charge is 2.09. The Labute approximate surface area is 121 Å². The summed E-state index contributed by atoms with van der Waals surface area (Å²) >= 11 is 0. The molecule has 6 heteroatoms. The number of rotatable bonds is 4. The highest BCUT2D eigenvalue weighted by molar-refractivity contribution is 5.98. The van der Waals surface area contributed by atoms with Crippen LogP contribution in [-0.4, -0.2) is 27.2 Å². The lowest BCUT2D eigenvalue weighted by molar-refractivity contribution is 0.0948. The predicted octanol–water partition coefficient (Wildman–Crippen LogP) is 1.69. The van der Waals surface area contributed by atoms with Crippen molar-refractivity contribution in [2.24, 2.45) is 0 Å². The first kappa shape index (κ1) is 13.2. The first-order chi connectivity index (χ1) is 10.1. The lowest BCUT2D eigenvalue weighted by Crippen LogP contribution is -2.27. The molecule has 1 amide bonds. The van der Waals surface area contributed by atoms with Crippen LogP contribution in [0.3, 0.4) is 0 Å². The molecule has 1 aromatic carbocycles. The number of hydrogen-bond donors (Lipinski definition) is 3. The monoisotopic (exact) mass is 283 g/mol.